The Hall–Kier alpha value is -2.76. The highest BCUT2D eigenvalue weighted by atomic mass is 16.5. The van der Waals surface area contributed by atoms with Gasteiger partial charge in [0.15, 0.2) is 0 Å². The van der Waals surface area contributed by atoms with E-state index < -0.39 is 0 Å². The minimum absolute atomic E-state index is 0.142. The van der Waals surface area contributed by atoms with Crippen LogP contribution in [-0.4, -0.2) is 22.7 Å². The van der Waals surface area contributed by atoms with Crippen LogP contribution in [0.2, 0.25) is 0 Å². The summed E-state index contributed by atoms with van der Waals surface area (Å²) in [4.78, 5) is 15.4. The van der Waals surface area contributed by atoms with E-state index in [1.165, 1.54) is 0 Å². The van der Waals surface area contributed by atoms with Crippen molar-refractivity contribution in [3.05, 3.63) is 48.0 Å². The molecule has 1 amide bonds. The lowest BCUT2D eigenvalue weighted by atomic mass is 10.1. The van der Waals surface area contributed by atoms with Gasteiger partial charge in [0, 0.05) is 35.2 Å². The van der Waals surface area contributed by atoms with Crippen LogP contribution in [0.15, 0.2) is 41.1 Å². The number of amides is 1. The summed E-state index contributed by atoms with van der Waals surface area (Å²) in [5.41, 5.74) is 2.73. The summed E-state index contributed by atoms with van der Waals surface area (Å²) in [5, 5.41) is 7.97. The van der Waals surface area contributed by atoms with Gasteiger partial charge in [-0.05, 0) is 36.4 Å². The molecule has 2 N–H and O–H groups in total. The van der Waals surface area contributed by atoms with Crippen molar-refractivity contribution in [2.45, 2.75) is 32.7 Å². The van der Waals surface area contributed by atoms with E-state index in [4.69, 9.17) is 9.26 Å². The topological polar surface area (TPSA) is 80.2 Å². The van der Waals surface area contributed by atoms with Crippen molar-refractivity contribution in [3.63, 3.8) is 0 Å². The van der Waals surface area contributed by atoms with Gasteiger partial charge in [-0.3, -0.25) is 4.79 Å². The highest BCUT2D eigenvalue weighted by Crippen LogP contribution is 2.45. The summed E-state index contributed by atoms with van der Waals surface area (Å²) in [6, 6.07) is 9.84. The number of benzene rings is 1. The van der Waals surface area contributed by atoms with Crippen LogP contribution in [0.3, 0.4) is 0 Å². The van der Waals surface area contributed by atoms with E-state index in [1.54, 1.807) is 6.26 Å². The van der Waals surface area contributed by atoms with E-state index in [2.05, 4.69) is 21.5 Å². The molecule has 0 atom stereocenters. The number of H-pyrrole nitrogens is 1. The smallest absolute Gasteiger partial charge is 0.226 e. The molecule has 25 heavy (non-hydrogen) atoms. The van der Waals surface area contributed by atoms with Gasteiger partial charge in [-0.2, -0.15) is 0 Å². The summed E-state index contributed by atoms with van der Waals surface area (Å²) in [6.45, 7) is 3.07. The molecule has 1 saturated carbocycles. The van der Waals surface area contributed by atoms with Crippen molar-refractivity contribution in [3.8, 4) is 5.75 Å². The molecule has 0 saturated heterocycles. The third-order valence-corrected chi connectivity index (χ3v) is 4.76. The Balaban J connectivity index is 1.36. The molecule has 0 unspecified atom stereocenters. The second kappa shape index (κ2) is 6.27. The lowest BCUT2D eigenvalue weighted by Gasteiger charge is -2.08. The van der Waals surface area contributed by atoms with Crippen LogP contribution in [0.1, 0.15) is 31.2 Å². The van der Waals surface area contributed by atoms with Crippen LogP contribution in [0.5, 0.6) is 5.75 Å². The molecule has 1 fully saturated rings. The van der Waals surface area contributed by atoms with Crippen LogP contribution >= 0.6 is 0 Å². The highest BCUT2D eigenvalue weighted by molar-refractivity contribution is 5.85. The number of nitrogens with one attached hydrogen (secondary N) is 2. The van der Waals surface area contributed by atoms with Crippen LogP contribution in [-0.2, 0) is 17.8 Å². The molecule has 1 aromatic carbocycles. The van der Waals surface area contributed by atoms with Gasteiger partial charge < -0.3 is 19.6 Å². The highest BCUT2D eigenvalue weighted by Gasteiger charge is 2.44. The molecule has 0 radical (unpaired) electrons. The number of aromatic nitrogens is 2. The van der Waals surface area contributed by atoms with Gasteiger partial charge in [0.05, 0.1) is 18.8 Å². The van der Waals surface area contributed by atoms with Crippen molar-refractivity contribution < 1.29 is 14.1 Å². The molecule has 6 heteroatoms. The van der Waals surface area contributed by atoms with Crippen LogP contribution < -0.4 is 10.1 Å². The van der Waals surface area contributed by atoms with Gasteiger partial charge in [0.2, 0.25) is 5.91 Å². The Morgan fingerprint density at radius 2 is 2.24 bits per heavy atom. The fourth-order valence-electron chi connectivity index (χ4n) is 2.79. The molecular weight excluding hydrogens is 318 g/mol. The molecule has 0 bridgehead atoms. The molecule has 130 valence electrons. The predicted molar refractivity (Wildman–Crippen MR) is 93.2 cm³/mol. The molecule has 0 aliphatic heterocycles. The van der Waals surface area contributed by atoms with Crippen LogP contribution in [0.4, 0.5) is 0 Å². The first-order valence-corrected chi connectivity index (χ1v) is 8.54. The lowest BCUT2D eigenvalue weighted by Crippen LogP contribution is -2.29. The predicted octanol–water partition coefficient (Wildman–Crippen LogP) is 3.19. The Morgan fingerprint density at radius 1 is 1.36 bits per heavy atom. The maximum absolute atomic E-state index is 12.0. The maximum atomic E-state index is 12.0. The minimum atomic E-state index is -0.142. The van der Waals surface area contributed by atoms with E-state index in [0.717, 1.165) is 40.9 Å². The van der Waals surface area contributed by atoms with Crippen LogP contribution in [0.25, 0.3) is 10.9 Å². The molecule has 4 rings (SSSR count). The number of fused-ring (bicyclic) bond motifs is 1. The summed E-state index contributed by atoms with van der Waals surface area (Å²) in [7, 11) is 0. The van der Waals surface area contributed by atoms with Crippen LogP contribution in [0, 0.1) is 5.41 Å². The van der Waals surface area contributed by atoms with E-state index in [-0.39, 0.29) is 11.3 Å². The number of carbonyl (C=O) groups excluding carboxylic acids is 1. The van der Waals surface area contributed by atoms with Crippen molar-refractivity contribution in [1.29, 1.82) is 0 Å². The Morgan fingerprint density at radius 3 is 3.00 bits per heavy atom. The lowest BCUT2D eigenvalue weighted by molar-refractivity contribution is -0.125. The third kappa shape index (κ3) is 3.52. The first kappa shape index (κ1) is 15.7. The van der Waals surface area contributed by atoms with E-state index in [1.807, 2.05) is 31.2 Å². The van der Waals surface area contributed by atoms with Crippen molar-refractivity contribution >= 4 is 16.8 Å². The number of ether oxygens (including phenoxy) is 1. The molecule has 2 aromatic heterocycles. The van der Waals surface area contributed by atoms with E-state index in [0.29, 0.717) is 19.6 Å². The van der Waals surface area contributed by atoms with Gasteiger partial charge in [-0.15, -0.1) is 0 Å². The number of rotatable bonds is 7. The summed E-state index contributed by atoms with van der Waals surface area (Å²) in [6.07, 6.45) is 4.24. The van der Waals surface area contributed by atoms with Gasteiger partial charge in [-0.1, -0.05) is 12.1 Å². The van der Waals surface area contributed by atoms with Gasteiger partial charge in [-0.25, -0.2) is 0 Å². The number of nitrogens with zero attached hydrogens (tertiary/aromatic N) is 1. The minimum Gasteiger partial charge on any atom is -0.493 e. The van der Waals surface area contributed by atoms with Gasteiger partial charge in [0.1, 0.15) is 12.0 Å². The number of hydrogen-bond acceptors (Lipinski definition) is 4. The summed E-state index contributed by atoms with van der Waals surface area (Å²) >= 11 is 0. The third-order valence-electron chi connectivity index (χ3n) is 4.76. The molecule has 3 aromatic rings. The van der Waals surface area contributed by atoms with Gasteiger partial charge in [0.25, 0.3) is 0 Å². The summed E-state index contributed by atoms with van der Waals surface area (Å²) in [5.74, 6) is 0.946. The zero-order chi connectivity index (χ0) is 17.3. The Labute approximate surface area is 145 Å². The molecule has 1 aliphatic carbocycles. The molecule has 6 nitrogen and oxygen atoms in total. The molecule has 2 heterocycles. The standard InChI is InChI=1S/C19H21N3O3/c1-19(6-7-19)18(23)20-12-15-10-13-2-3-16(11-17(13)21-15)24-8-4-14-5-9-25-22-14/h2-3,5,9-11,21H,4,6-8,12H2,1H3,(H,20,23). The molecule has 0 spiro atoms. The SMILES string of the molecule is CC1(C(=O)NCc2cc3ccc(OCCc4ccon4)cc3[nH]2)CC1. The first-order chi connectivity index (χ1) is 12.1. The number of aromatic amines is 1. The molecular formula is C19H21N3O3. The van der Waals surface area contributed by atoms with Crippen molar-refractivity contribution in [1.82, 2.24) is 15.5 Å². The first-order valence-electron chi connectivity index (χ1n) is 8.54. The Bertz CT molecular complexity index is 879. The van der Waals surface area contributed by atoms with E-state index >= 15 is 0 Å². The quantitative estimate of drug-likeness (QED) is 0.693. The zero-order valence-corrected chi connectivity index (χ0v) is 14.2. The number of carbonyl (C=O) groups is 1. The van der Waals surface area contributed by atoms with Gasteiger partial charge >= 0.3 is 0 Å². The second-order valence-corrected chi connectivity index (χ2v) is 6.88. The molecule has 1 aliphatic rings. The second-order valence-electron chi connectivity index (χ2n) is 6.88. The normalized spacial score (nSPS) is 15.2. The number of hydrogen-bond donors (Lipinski definition) is 2. The van der Waals surface area contributed by atoms with Crippen molar-refractivity contribution in [2.24, 2.45) is 5.41 Å². The average Bonchev–Trinajstić information content (AvgIpc) is 3.02. The fraction of sp³-hybridized carbons (Fsp3) is 0.368. The largest absolute Gasteiger partial charge is 0.493 e. The van der Waals surface area contributed by atoms with Crippen molar-refractivity contribution in [2.75, 3.05) is 6.61 Å². The summed E-state index contributed by atoms with van der Waals surface area (Å²) < 4.78 is 10.6. The zero-order valence-electron chi connectivity index (χ0n) is 14.2. The Kier molecular flexibility index (Phi) is 3.95. The van der Waals surface area contributed by atoms with E-state index in [9.17, 15) is 4.79 Å². The monoisotopic (exact) mass is 339 g/mol. The maximum Gasteiger partial charge on any atom is 0.226 e. The average molecular weight is 339 g/mol. The fourth-order valence-corrected chi connectivity index (χ4v) is 2.79.